The second-order valence-corrected chi connectivity index (χ2v) is 9.44. The highest BCUT2D eigenvalue weighted by Gasteiger charge is 2.31. The van der Waals surface area contributed by atoms with E-state index < -0.39 is 9.84 Å². The highest BCUT2D eigenvalue weighted by Crippen LogP contribution is 2.25. The average molecular weight is 388 g/mol. The van der Waals surface area contributed by atoms with E-state index in [2.05, 4.69) is 44.0 Å². The Morgan fingerprint density at radius 2 is 1.74 bits per heavy atom. The normalized spacial score (nSPS) is 22.0. The summed E-state index contributed by atoms with van der Waals surface area (Å²) in [5, 5.41) is 0. The second-order valence-electron chi connectivity index (χ2n) is 7.21. The Morgan fingerprint density at radius 1 is 1.04 bits per heavy atom. The van der Waals surface area contributed by atoms with Crippen LogP contribution in [0.2, 0.25) is 0 Å². The van der Waals surface area contributed by atoms with Gasteiger partial charge in [-0.1, -0.05) is 18.2 Å². The van der Waals surface area contributed by atoms with Crippen molar-refractivity contribution in [1.82, 2.24) is 9.97 Å². The van der Waals surface area contributed by atoms with Crippen molar-refractivity contribution in [2.75, 3.05) is 59.4 Å². The molecule has 0 spiro atoms. The molecular weight excluding hydrogens is 362 g/mol. The van der Waals surface area contributed by atoms with Crippen molar-refractivity contribution < 1.29 is 8.42 Å². The van der Waals surface area contributed by atoms with Gasteiger partial charge in [-0.3, -0.25) is 0 Å². The minimum absolute atomic E-state index is 0.00678. The summed E-state index contributed by atoms with van der Waals surface area (Å²) in [6.07, 6.45) is 2.24. The maximum absolute atomic E-state index is 11.8. The number of benzene rings is 1. The van der Waals surface area contributed by atoms with Crippen LogP contribution in [0.3, 0.4) is 0 Å². The molecule has 2 aromatic rings. The van der Waals surface area contributed by atoms with Crippen LogP contribution in [-0.4, -0.2) is 69.2 Å². The Hall–Kier alpha value is -2.35. The van der Waals surface area contributed by atoms with Crippen molar-refractivity contribution in [3.8, 4) is 0 Å². The van der Waals surface area contributed by atoms with Gasteiger partial charge in [0.15, 0.2) is 9.84 Å². The summed E-state index contributed by atoms with van der Waals surface area (Å²) in [6, 6.07) is 12.4. The van der Waals surface area contributed by atoms with Crippen molar-refractivity contribution >= 4 is 27.2 Å². The molecular formula is C19H25N5O2S. The van der Waals surface area contributed by atoms with E-state index in [9.17, 15) is 8.42 Å². The van der Waals surface area contributed by atoms with Gasteiger partial charge in [-0.05, 0) is 18.6 Å². The SMILES string of the molecule is CN(c1cc(N2CCN(c3ccccc3)CC2)ncn1)C1CCS(=O)(=O)C1. The van der Waals surface area contributed by atoms with E-state index in [4.69, 9.17) is 0 Å². The van der Waals surface area contributed by atoms with E-state index in [-0.39, 0.29) is 17.5 Å². The molecule has 2 saturated heterocycles. The van der Waals surface area contributed by atoms with Gasteiger partial charge in [0.2, 0.25) is 0 Å². The number of anilines is 3. The third-order valence-corrected chi connectivity index (χ3v) is 7.23. The Morgan fingerprint density at radius 3 is 2.41 bits per heavy atom. The number of piperazine rings is 1. The minimum atomic E-state index is -2.91. The third-order valence-electron chi connectivity index (χ3n) is 5.48. The predicted molar refractivity (Wildman–Crippen MR) is 108 cm³/mol. The van der Waals surface area contributed by atoms with Crippen LogP contribution >= 0.6 is 0 Å². The highest BCUT2D eigenvalue weighted by atomic mass is 32.2. The quantitative estimate of drug-likeness (QED) is 0.786. The third kappa shape index (κ3) is 4.00. The number of para-hydroxylation sites is 1. The van der Waals surface area contributed by atoms with Crippen molar-refractivity contribution in [2.24, 2.45) is 0 Å². The number of hydrogen-bond donors (Lipinski definition) is 0. The summed E-state index contributed by atoms with van der Waals surface area (Å²) in [6.45, 7) is 3.68. The molecule has 4 rings (SSSR count). The first-order valence-corrected chi connectivity index (χ1v) is 11.1. The van der Waals surface area contributed by atoms with E-state index in [0.717, 1.165) is 37.8 Å². The minimum Gasteiger partial charge on any atom is -0.368 e. The molecule has 1 aromatic carbocycles. The molecule has 144 valence electrons. The standard InChI is InChI=1S/C19H25N5O2S/c1-22(17-7-12-27(25,26)14-17)18-13-19(21-15-20-18)24-10-8-23(9-11-24)16-5-3-2-4-6-16/h2-6,13,15,17H,7-12,14H2,1H3. The topological polar surface area (TPSA) is 69.6 Å². The van der Waals surface area contributed by atoms with Gasteiger partial charge in [-0.15, -0.1) is 0 Å². The van der Waals surface area contributed by atoms with Gasteiger partial charge in [-0.2, -0.15) is 0 Å². The molecule has 0 amide bonds. The Labute approximate surface area is 160 Å². The Balaban J connectivity index is 1.43. The second kappa shape index (κ2) is 7.34. The molecule has 0 radical (unpaired) electrons. The Bertz CT molecular complexity index is 882. The smallest absolute Gasteiger partial charge is 0.152 e. The molecule has 27 heavy (non-hydrogen) atoms. The van der Waals surface area contributed by atoms with Crippen molar-refractivity contribution in [3.05, 3.63) is 42.7 Å². The summed E-state index contributed by atoms with van der Waals surface area (Å²) in [4.78, 5) is 15.5. The summed E-state index contributed by atoms with van der Waals surface area (Å²) in [7, 11) is -0.991. The molecule has 1 aromatic heterocycles. The molecule has 7 nitrogen and oxygen atoms in total. The average Bonchev–Trinajstić information content (AvgIpc) is 3.08. The zero-order valence-corrected chi connectivity index (χ0v) is 16.3. The maximum atomic E-state index is 11.8. The molecule has 3 heterocycles. The molecule has 8 heteroatoms. The van der Waals surface area contributed by atoms with Gasteiger partial charge in [0, 0.05) is 51.0 Å². The van der Waals surface area contributed by atoms with Gasteiger partial charge >= 0.3 is 0 Å². The lowest BCUT2D eigenvalue weighted by Gasteiger charge is -2.37. The maximum Gasteiger partial charge on any atom is 0.152 e. The van der Waals surface area contributed by atoms with Gasteiger partial charge in [0.25, 0.3) is 0 Å². The number of rotatable bonds is 4. The lowest BCUT2D eigenvalue weighted by Crippen LogP contribution is -2.47. The van der Waals surface area contributed by atoms with Crippen LogP contribution in [0.1, 0.15) is 6.42 Å². The van der Waals surface area contributed by atoms with Crippen LogP contribution in [0.4, 0.5) is 17.3 Å². The summed E-state index contributed by atoms with van der Waals surface area (Å²) < 4.78 is 23.5. The fourth-order valence-corrected chi connectivity index (χ4v) is 5.58. The van der Waals surface area contributed by atoms with E-state index in [1.807, 2.05) is 24.1 Å². The number of sulfone groups is 1. The zero-order chi connectivity index (χ0) is 18.9. The van der Waals surface area contributed by atoms with E-state index in [1.54, 1.807) is 6.33 Å². The van der Waals surface area contributed by atoms with E-state index >= 15 is 0 Å². The summed E-state index contributed by atoms with van der Waals surface area (Å²) in [5.74, 6) is 2.16. The lowest BCUT2D eigenvalue weighted by atomic mass is 10.2. The fourth-order valence-electron chi connectivity index (χ4n) is 3.80. The van der Waals surface area contributed by atoms with Gasteiger partial charge in [0.05, 0.1) is 11.5 Å². The molecule has 2 fully saturated rings. The van der Waals surface area contributed by atoms with Gasteiger partial charge < -0.3 is 14.7 Å². The van der Waals surface area contributed by atoms with Crippen molar-refractivity contribution in [3.63, 3.8) is 0 Å². The van der Waals surface area contributed by atoms with Crippen LogP contribution in [-0.2, 0) is 9.84 Å². The van der Waals surface area contributed by atoms with Crippen LogP contribution in [0.5, 0.6) is 0 Å². The first-order valence-electron chi connectivity index (χ1n) is 9.32. The number of aromatic nitrogens is 2. The van der Waals surface area contributed by atoms with E-state index in [1.165, 1.54) is 5.69 Å². The first kappa shape index (κ1) is 18.0. The number of hydrogen-bond acceptors (Lipinski definition) is 7. The van der Waals surface area contributed by atoms with Gasteiger partial charge in [-0.25, -0.2) is 18.4 Å². The van der Waals surface area contributed by atoms with Crippen LogP contribution in [0.25, 0.3) is 0 Å². The van der Waals surface area contributed by atoms with Gasteiger partial charge in [0.1, 0.15) is 18.0 Å². The fraction of sp³-hybridized carbons (Fsp3) is 0.474. The molecule has 0 bridgehead atoms. The predicted octanol–water partition coefficient (Wildman–Crippen LogP) is 1.43. The van der Waals surface area contributed by atoms with Crippen LogP contribution in [0, 0.1) is 0 Å². The van der Waals surface area contributed by atoms with E-state index in [0.29, 0.717) is 6.42 Å². The lowest BCUT2D eigenvalue weighted by molar-refractivity contribution is 0.600. The van der Waals surface area contributed by atoms with Crippen molar-refractivity contribution in [2.45, 2.75) is 12.5 Å². The Kier molecular flexibility index (Phi) is 4.90. The highest BCUT2D eigenvalue weighted by molar-refractivity contribution is 7.91. The largest absolute Gasteiger partial charge is 0.368 e. The molecule has 2 aliphatic rings. The molecule has 0 aliphatic carbocycles. The molecule has 1 atom stereocenters. The first-order chi connectivity index (χ1) is 13.0. The molecule has 0 N–H and O–H groups in total. The summed E-state index contributed by atoms with van der Waals surface area (Å²) in [5.41, 5.74) is 1.25. The van der Waals surface area contributed by atoms with Crippen molar-refractivity contribution in [1.29, 1.82) is 0 Å². The van der Waals surface area contributed by atoms with Crippen LogP contribution < -0.4 is 14.7 Å². The molecule has 2 aliphatic heterocycles. The monoisotopic (exact) mass is 387 g/mol. The zero-order valence-electron chi connectivity index (χ0n) is 15.5. The number of nitrogens with zero attached hydrogens (tertiary/aromatic N) is 5. The van der Waals surface area contributed by atoms with Crippen LogP contribution in [0.15, 0.2) is 42.7 Å². The summed E-state index contributed by atoms with van der Waals surface area (Å²) >= 11 is 0. The molecule has 1 unspecified atom stereocenters. The molecule has 0 saturated carbocycles.